The number of pyridine rings is 1. The monoisotopic (exact) mass is 373 g/mol. The number of rotatable bonds is 5. The summed E-state index contributed by atoms with van der Waals surface area (Å²) in [5.41, 5.74) is 2.52. The SMILES string of the molecule is COc1ccc2c(-c3ccc(NC(C)=O)cc3)nc(Nc3ccn[nH]3)cc2c1. The Morgan fingerprint density at radius 1 is 1.07 bits per heavy atom. The third kappa shape index (κ3) is 3.64. The number of benzene rings is 2. The molecule has 4 rings (SSSR count). The van der Waals surface area contributed by atoms with Gasteiger partial charge in [0.05, 0.1) is 19.0 Å². The molecule has 0 unspecified atom stereocenters. The Kier molecular flexibility index (Phi) is 4.63. The van der Waals surface area contributed by atoms with Crippen molar-refractivity contribution in [3.63, 3.8) is 0 Å². The van der Waals surface area contributed by atoms with Crippen LogP contribution in [0.5, 0.6) is 5.75 Å². The van der Waals surface area contributed by atoms with Gasteiger partial charge in [0.2, 0.25) is 5.91 Å². The zero-order chi connectivity index (χ0) is 19.5. The van der Waals surface area contributed by atoms with E-state index in [0.717, 1.165) is 39.3 Å². The van der Waals surface area contributed by atoms with Crippen molar-refractivity contribution >= 4 is 34.0 Å². The smallest absolute Gasteiger partial charge is 0.221 e. The first-order chi connectivity index (χ1) is 13.6. The summed E-state index contributed by atoms with van der Waals surface area (Å²) < 4.78 is 5.37. The predicted octanol–water partition coefficient (Wildman–Crippen LogP) is 4.34. The molecule has 2 heterocycles. The first-order valence-corrected chi connectivity index (χ1v) is 8.75. The number of carbonyl (C=O) groups is 1. The van der Waals surface area contributed by atoms with Crippen LogP contribution in [0.25, 0.3) is 22.0 Å². The van der Waals surface area contributed by atoms with Gasteiger partial charge < -0.3 is 15.4 Å². The lowest BCUT2D eigenvalue weighted by atomic mass is 10.0. The molecule has 0 spiro atoms. The van der Waals surface area contributed by atoms with Gasteiger partial charge in [-0.15, -0.1) is 0 Å². The van der Waals surface area contributed by atoms with Crippen LogP contribution in [0.4, 0.5) is 17.3 Å². The van der Waals surface area contributed by atoms with E-state index in [2.05, 4.69) is 20.8 Å². The Labute approximate surface area is 161 Å². The van der Waals surface area contributed by atoms with Gasteiger partial charge in [-0.25, -0.2) is 4.98 Å². The van der Waals surface area contributed by atoms with Gasteiger partial charge in [-0.05, 0) is 41.8 Å². The first-order valence-electron chi connectivity index (χ1n) is 8.75. The average Bonchev–Trinajstić information content (AvgIpc) is 3.20. The van der Waals surface area contributed by atoms with Crippen molar-refractivity contribution in [3.05, 3.63) is 60.8 Å². The van der Waals surface area contributed by atoms with E-state index >= 15 is 0 Å². The fraction of sp³-hybridized carbons (Fsp3) is 0.0952. The molecule has 4 aromatic rings. The number of amides is 1. The Hall–Kier alpha value is -3.87. The van der Waals surface area contributed by atoms with Crippen LogP contribution >= 0.6 is 0 Å². The van der Waals surface area contributed by atoms with Crippen molar-refractivity contribution in [1.82, 2.24) is 15.2 Å². The lowest BCUT2D eigenvalue weighted by Crippen LogP contribution is -2.05. The van der Waals surface area contributed by atoms with Gasteiger partial charge in [-0.1, -0.05) is 12.1 Å². The second-order valence-electron chi connectivity index (χ2n) is 6.30. The van der Waals surface area contributed by atoms with E-state index in [1.54, 1.807) is 13.3 Å². The van der Waals surface area contributed by atoms with Gasteiger partial charge in [-0.2, -0.15) is 5.10 Å². The molecule has 0 saturated carbocycles. The van der Waals surface area contributed by atoms with Crippen LogP contribution in [-0.4, -0.2) is 28.2 Å². The third-order valence-corrected chi connectivity index (χ3v) is 4.28. The van der Waals surface area contributed by atoms with Gasteiger partial charge in [-0.3, -0.25) is 9.89 Å². The van der Waals surface area contributed by atoms with E-state index in [-0.39, 0.29) is 5.91 Å². The van der Waals surface area contributed by atoms with Crippen molar-refractivity contribution in [2.45, 2.75) is 6.92 Å². The number of fused-ring (bicyclic) bond motifs is 1. The molecule has 0 bridgehead atoms. The molecule has 0 saturated heterocycles. The maximum atomic E-state index is 11.2. The number of ether oxygens (including phenoxy) is 1. The van der Waals surface area contributed by atoms with E-state index in [9.17, 15) is 4.79 Å². The van der Waals surface area contributed by atoms with Gasteiger partial charge in [0.1, 0.15) is 17.4 Å². The summed E-state index contributed by atoms with van der Waals surface area (Å²) in [6.07, 6.45) is 1.67. The standard InChI is InChI=1S/C21H19N5O2/c1-13(27)23-16-5-3-14(4-6-16)21-18-8-7-17(28-2)11-15(18)12-20(25-21)24-19-9-10-22-26-19/h3-12H,1-2H3,(H,23,27)(H2,22,24,25,26). The topological polar surface area (TPSA) is 91.9 Å². The van der Waals surface area contributed by atoms with Gasteiger partial charge in [0.25, 0.3) is 0 Å². The minimum absolute atomic E-state index is 0.103. The largest absolute Gasteiger partial charge is 0.497 e. The van der Waals surface area contributed by atoms with Crippen LogP contribution < -0.4 is 15.4 Å². The second kappa shape index (κ2) is 7.40. The molecule has 0 fully saturated rings. The van der Waals surface area contributed by atoms with Gasteiger partial charge in [0.15, 0.2) is 0 Å². The number of aromatic nitrogens is 3. The number of methoxy groups -OCH3 is 1. The van der Waals surface area contributed by atoms with E-state index < -0.39 is 0 Å². The molecule has 2 aromatic heterocycles. The Bertz CT molecular complexity index is 1120. The highest BCUT2D eigenvalue weighted by Crippen LogP contribution is 2.32. The molecule has 0 atom stereocenters. The molecular weight excluding hydrogens is 354 g/mol. The van der Waals surface area contributed by atoms with E-state index in [1.165, 1.54) is 6.92 Å². The maximum absolute atomic E-state index is 11.2. The average molecular weight is 373 g/mol. The molecule has 0 radical (unpaired) electrons. The van der Waals surface area contributed by atoms with Crippen molar-refractivity contribution in [2.75, 3.05) is 17.7 Å². The number of H-pyrrole nitrogens is 1. The molecule has 2 aromatic carbocycles. The molecule has 140 valence electrons. The number of carbonyl (C=O) groups excluding carboxylic acids is 1. The molecule has 28 heavy (non-hydrogen) atoms. The highest BCUT2D eigenvalue weighted by Gasteiger charge is 2.11. The number of aromatic amines is 1. The third-order valence-electron chi connectivity index (χ3n) is 4.28. The quantitative estimate of drug-likeness (QED) is 0.484. The van der Waals surface area contributed by atoms with Crippen LogP contribution in [0.2, 0.25) is 0 Å². The minimum atomic E-state index is -0.103. The maximum Gasteiger partial charge on any atom is 0.221 e. The molecule has 7 nitrogen and oxygen atoms in total. The van der Waals surface area contributed by atoms with Crippen LogP contribution in [0.3, 0.4) is 0 Å². The second-order valence-corrected chi connectivity index (χ2v) is 6.30. The number of anilines is 3. The fourth-order valence-corrected chi connectivity index (χ4v) is 3.03. The Morgan fingerprint density at radius 3 is 2.57 bits per heavy atom. The van der Waals surface area contributed by atoms with Crippen LogP contribution in [0, 0.1) is 0 Å². The van der Waals surface area contributed by atoms with Crippen molar-refractivity contribution in [3.8, 4) is 17.0 Å². The number of hydrogen-bond donors (Lipinski definition) is 3. The lowest BCUT2D eigenvalue weighted by molar-refractivity contribution is -0.114. The Balaban J connectivity index is 1.81. The normalized spacial score (nSPS) is 10.6. The van der Waals surface area contributed by atoms with Gasteiger partial charge >= 0.3 is 0 Å². The number of hydrogen-bond acceptors (Lipinski definition) is 5. The highest BCUT2D eigenvalue weighted by atomic mass is 16.5. The number of nitrogens with one attached hydrogen (secondary N) is 3. The molecule has 7 heteroatoms. The van der Waals surface area contributed by atoms with E-state index in [1.807, 2.05) is 54.6 Å². The highest BCUT2D eigenvalue weighted by molar-refractivity contribution is 5.97. The minimum Gasteiger partial charge on any atom is -0.497 e. The summed E-state index contributed by atoms with van der Waals surface area (Å²) >= 11 is 0. The zero-order valence-electron chi connectivity index (χ0n) is 15.5. The molecule has 0 aliphatic carbocycles. The predicted molar refractivity (Wildman–Crippen MR) is 110 cm³/mol. The first kappa shape index (κ1) is 17.5. The van der Waals surface area contributed by atoms with Crippen LogP contribution in [0.1, 0.15) is 6.92 Å². The molecule has 3 N–H and O–H groups in total. The summed E-state index contributed by atoms with van der Waals surface area (Å²) in [7, 11) is 1.65. The summed E-state index contributed by atoms with van der Waals surface area (Å²) in [4.78, 5) is 16.1. The van der Waals surface area contributed by atoms with E-state index in [4.69, 9.17) is 9.72 Å². The fourth-order valence-electron chi connectivity index (χ4n) is 3.03. The summed E-state index contributed by atoms with van der Waals surface area (Å²) in [6, 6.07) is 17.3. The summed E-state index contributed by atoms with van der Waals surface area (Å²) in [6.45, 7) is 1.49. The van der Waals surface area contributed by atoms with Crippen molar-refractivity contribution in [2.24, 2.45) is 0 Å². The number of nitrogens with zero attached hydrogens (tertiary/aromatic N) is 2. The molecule has 0 aliphatic rings. The van der Waals surface area contributed by atoms with Crippen LogP contribution in [0.15, 0.2) is 60.8 Å². The van der Waals surface area contributed by atoms with Crippen LogP contribution in [-0.2, 0) is 4.79 Å². The summed E-state index contributed by atoms with van der Waals surface area (Å²) in [5.74, 6) is 2.11. The van der Waals surface area contributed by atoms with E-state index in [0.29, 0.717) is 5.82 Å². The zero-order valence-corrected chi connectivity index (χ0v) is 15.5. The van der Waals surface area contributed by atoms with Crippen molar-refractivity contribution < 1.29 is 9.53 Å². The van der Waals surface area contributed by atoms with Gasteiger partial charge in [0, 0.05) is 29.6 Å². The van der Waals surface area contributed by atoms with Crippen molar-refractivity contribution in [1.29, 1.82) is 0 Å². The lowest BCUT2D eigenvalue weighted by Gasteiger charge is -2.12. The molecular formula is C21H19N5O2. The molecule has 1 amide bonds. The Morgan fingerprint density at radius 2 is 1.89 bits per heavy atom. The molecule has 0 aliphatic heterocycles. The summed E-state index contributed by atoms with van der Waals surface area (Å²) in [5, 5.41) is 14.8.